The smallest absolute Gasteiger partial charge is 0.155 e. The molecule has 3 nitrogen and oxygen atoms in total. The molecule has 1 atom stereocenters. The Morgan fingerprint density at radius 1 is 1.17 bits per heavy atom. The number of rotatable bonds is 5. The lowest BCUT2D eigenvalue weighted by Crippen LogP contribution is -2.29. The summed E-state index contributed by atoms with van der Waals surface area (Å²) in [6.45, 7) is 7.85. The third kappa shape index (κ3) is 4.10. The Kier molecular flexibility index (Phi) is 4.93. The fourth-order valence-corrected chi connectivity index (χ4v) is 4.06. The fraction of sp³-hybridized carbons (Fsp3) is 0.571. The molecule has 1 aromatic carbocycles. The van der Waals surface area contributed by atoms with Crippen LogP contribution < -0.4 is 5.73 Å². The summed E-state index contributed by atoms with van der Waals surface area (Å²) in [5.41, 5.74) is 9.90. The van der Waals surface area contributed by atoms with E-state index in [9.17, 15) is 8.42 Å². The zero-order valence-electron chi connectivity index (χ0n) is 11.7. The van der Waals surface area contributed by atoms with E-state index in [-0.39, 0.29) is 17.5 Å². The number of hydrogen-bond donors (Lipinski definition) is 1. The van der Waals surface area contributed by atoms with E-state index in [1.165, 1.54) is 0 Å². The van der Waals surface area contributed by atoms with Crippen LogP contribution in [0, 0.1) is 20.8 Å². The Bertz CT molecular complexity index is 498. The van der Waals surface area contributed by atoms with Gasteiger partial charge in [0, 0.05) is 6.04 Å². The van der Waals surface area contributed by atoms with E-state index in [1.807, 2.05) is 39.8 Å². The molecule has 1 unspecified atom stereocenters. The normalized spacial score (nSPS) is 13.6. The Hall–Kier alpha value is -0.870. The van der Waals surface area contributed by atoms with Crippen LogP contribution in [0.5, 0.6) is 0 Å². The van der Waals surface area contributed by atoms with Crippen molar-refractivity contribution in [3.63, 3.8) is 0 Å². The van der Waals surface area contributed by atoms with Crippen LogP contribution in [0.3, 0.4) is 0 Å². The lowest BCUT2D eigenvalue weighted by molar-refractivity contribution is 0.582. The van der Waals surface area contributed by atoms with Crippen LogP contribution in [-0.4, -0.2) is 20.2 Å². The van der Waals surface area contributed by atoms with Gasteiger partial charge in [0.05, 0.1) is 11.5 Å². The minimum Gasteiger partial charge on any atom is -0.327 e. The molecule has 1 aromatic rings. The lowest BCUT2D eigenvalue weighted by atomic mass is 10.0. The highest BCUT2D eigenvalue weighted by atomic mass is 32.2. The second-order valence-electron chi connectivity index (χ2n) is 5.10. The molecule has 0 fully saturated rings. The first-order valence-corrected chi connectivity index (χ1v) is 8.10. The van der Waals surface area contributed by atoms with E-state index in [1.54, 1.807) is 0 Å². The van der Waals surface area contributed by atoms with Crippen molar-refractivity contribution in [3.8, 4) is 0 Å². The van der Waals surface area contributed by atoms with Gasteiger partial charge >= 0.3 is 0 Å². The summed E-state index contributed by atoms with van der Waals surface area (Å²) < 4.78 is 24.2. The van der Waals surface area contributed by atoms with Crippen LogP contribution in [0.2, 0.25) is 0 Å². The second-order valence-corrected chi connectivity index (χ2v) is 7.21. The molecule has 0 aromatic heterocycles. The van der Waals surface area contributed by atoms with Crippen molar-refractivity contribution in [1.82, 2.24) is 0 Å². The van der Waals surface area contributed by atoms with Crippen LogP contribution >= 0.6 is 0 Å². The van der Waals surface area contributed by atoms with Gasteiger partial charge in [0.2, 0.25) is 0 Å². The average molecular weight is 269 g/mol. The third-order valence-corrected chi connectivity index (χ3v) is 4.86. The predicted octanol–water partition coefficient (Wildman–Crippen LogP) is 2.26. The molecule has 0 saturated carbocycles. The summed E-state index contributed by atoms with van der Waals surface area (Å²) in [5, 5.41) is 0. The third-order valence-electron chi connectivity index (χ3n) is 3.20. The van der Waals surface area contributed by atoms with Crippen molar-refractivity contribution < 1.29 is 8.42 Å². The molecule has 0 aliphatic heterocycles. The van der Waals surface area contributed by atoms with E-state index < -0.39 is 9.84 Å². The quantitative estimate of drug-likeness (QED) is 0.892. The van der Waals surface area contributed by atoms with E-state index in [2.05, 4.69) is 0 Å². The number of nitrogens with two attached hydrogens (primary N) is 1. The number of sulfone groups is 1. The van der Waals surface area contributed by atoms with Gasteiger partial charge < -0.3 is 5.73 Å². The Balaban J connectivity index is 2.98. The molecule has 2 N–H and O–H groups in total. The van der Waals surface area contributed by atoms with E-state index in [0.717, 1.165) is 22.3 Å². The van der Waals surface area contributed by atoms with Gasteiger partial charge in [-0.1, -0.05) is 24.6 Å². The maximum absolute atomic E-state index is 12.1. The molecule has 18 heavy (non-hydrogen) atoms. The van der Waals surface area contributed by atoms with Gasteiger partial charge in [0.1, 0.15) is 0 Å². The summed E-state index contributed by atoms with van der Waals surface area (Å²) in [6.07, 6.45) is 0.686. The van der Waals surface area contributed by atoms with Gasteiger partial charge in [-0.3, -0.25) is 0 Å². The van der Waals surface area contributed by atoms with Gasteiger partial charge in [0.25, 0.3) is 0 Å². The van der Waals surface area contributed by atoms with Gasteiger partial charge in [-0.2, -0.15) is 0 Å². The number of aryl methyl sites for hydroxylation is 3. The Morgan fingerprint density at radius 2 is 1.67 bits per heavy atom. The molecule has 102 valence electrons. The molecular formula is C14H23NO2S. The zero-order valence-corrected chi connectivity index (χ0v) is 12.5. The second kappa shape index (κ2) is 5.85. The molecule has 0 radical (unpaired) electrons. The summed E-state index contributed by atoms with van der Waals surface area (Å²) in [7, 11) is -3.13. The molecule has 0 saturated heterocycles. The standard InChI is InChI=1S/C14H23NO2S/c1-5-13(15)8-18(16,17)9-14-11(3)6-10(2)7-12(14)4/h6-7,13H,5,8-9,15H2,1-4H3. The molecular weight excluding hydrogens is 246 g/mol. The minimum absolute atomic E-state index is 0.0657. The maximum Gasteiger partial charge on any atom is 0.155 e. The van der Waals surface area contributed by atoms with Crippen molar-refractivity contribution in [2.75, 3.05) is 5.75 Å². The molecule has 1 rings (SSSR count). The molecule has 0 aliphatic carbocycles. The SMILES string of the molecule is CCC(N)CS(=O)(=O)Cc1c(C)cc(C)cc1C. The van der Waals surface area contributed by atoms with Gasteiger partial charge in [0.15, 0.2) is 9.84 Å². The topological polar surface area (TPSA) is 60.2 Å². The molecule has 0 amide bonds. The van der Waals surface area contributed by atoms with E-state index in [0.29, 0.717) is 6.42 Å². The van der Waals surface area contributed by atoms with Crippen molar-refractivity contribution in [3.05, 3.63) is 34.4 Å². The van der Waals surface area contributed by atoms with Crippen LogP contribution in [-0.2, 0) is 15.6 Å². The van der Waals surface area contributed by atoms with Crippen molar-refractivity contribution in [1.29, 1.82) is 0 Å². The number of benzene rings is 1. The van der Waals surface area contributed by atoms with Crippen LogP contribution in [0.4, 0.5) is 0 Å². The molecule has 0 spiro atoms. The maximum atomic E-state index is 12.1. The van der Waals surface area contributed by atoms with Crippen LogP contribution in [0.1, 0.15) is 35.6 Å². The first-order chi connectivity index (χ1) is 8.25. The largest absolute Gasteiger partial charge is 0.327 e. The summed E-state index contributed by atoms with van der Waals surface area (Å²) >= 11 is 0. The summed E-state index contributed by atoms with van der Waals surface area (Å²) in [5.74, 6) is 0.162. The Morgan fingerprint density at radius 3 is 2.11 bits per heavy atom. The van der Waals surface area contributed by atoms with Crippen LogP contribution in [0.25, 0.3) is 0 Å². The van der Waals surface area contributed by atoms with Crippen molar-refractivity contribution >= 4 is 9.84 Å². The van der Waals surface area contributed by atoms with Crippen molar-refractivity contribution in [2.24, 2.45) is 5.73 Å². The lowest BCUT2D eigenvalue weighted by Gasteiger charge is -2.14. The highest BCUT2D eigenvalue weighted by Crippen LogP contribution is 2.19. The first kappa shape index (κ1) is 15.2. The van der Waals surface area contributed by atoms with E-state index >= 15 is 0 Å². The van der Waals surface area contributed by atoms with Gasteiger partial charge in [-0.15, -0.1) is 0 Å². The highest BCUT2D eigenvalue weighted by Gasteiger charge is 2.18. The van der Waals surface area contributed by atoms with Crippen molar-refractivity contribution in [2.45, 2.75) is 45.9 Å². The molecule has 0 aliphatic rings. The highest BCUT2D eigenvalue weighted by molar-refractivity contribution is 7.90. The zero-order chi connectivity index (χ0) is 13.9. The van der Waals surface area contributed by atoms with Crippen LogP contribution in [0.15, 0.2) is 12.1 Å². The average Bonchev–Trinajstić information content (AvgIpc) is 2.22. The van der Waals surface area contributed by atoms with Gasteiger partial charge in [-0.05, 0) is 43.9 Å². The minimum atomic E-state index is -3.13. The fourth-order valence-electron chi connectivity index (χ4n) is 2.16. The predicted molar refractivity (Wildman–Crippen MR) is 76.4 cm³/mol. The Labute approximate surface area is 110 Å². The summed E-state index contributed by atoms with van der Waals surface area (Å²) in [6, 6.07) is 3.79. The number of hydrogen-bond acceptors (Lipinski definition) is 3. The van der Waals surface area contributed by atoms with Gasteiger partial charge in [-0.25, -0.2) is 8.42 Å². The molecule has 0 heterocycles. The monoisotopic (exact) mass is 269 g/mol. The van der Waals surface area contributed by atoms with E-state index in [4.69, 9.17) is 5.73 Å². The molecule has 4 heteroatoms. The molecule has 0 bridgehead atoms. The first-order valence-electron chi connectivity index (χ1n) is 6.28. The summed E-state index contributed by atoms with van der Waals surface area (Å²) in [4.78, 5) is 0.